The first-order valence-corrected chi connectivity index (χ1v) is 12.5. The molecule has 3 aromatic rings. The number of carbonyl (C=O) groups excluding carboxylic acids is 1. The summed E-state index contributed by atoms with van der Waals surface area (Å²) in [5, 5.41) is 0.677. The molecule has 2 fully saturated rings. The van der Waals surface area contributed by atoms with Crippen molar-refractivity contribution < 1.29 is 22.4 Å². The van der Waals surface area contributed by atoms with E-state index in [2.05, 4.69) is 19.8 Å². The maximum absolute atomic E-state index is 14.6. The number of hydrogen-bond acceptors (Lipinski definition) is 6. The lowest BCUT2D eigenvalue weighted by atomic mass is 9.86. The molecule has 2 aliphatic heterocycles. The van der Waals surface area contributed by atoms with Crippen molar-refractivity contribution in [1.29, 1.82) is 0 Å². The molecular weight excluding hydrogens is 480 g/mol. The Balaban J connectivity index is 1.27. The van der Waals surface area contributed by atoms with E-state index in [1.807, 2.05) is 6.07 Å². The highest BCUT2D eigenvalue weighted by Gasteiger charge is 2.44. The average molecular weight is 507 g/mol. The van der Waals surface area contributed by atoms with Crippen molar-refractivity contribution in [3.8, 4) is 0 Å². The summed E-state index contributed by atoms with van der Waals surface area (Å²) < 4.78 is 53.3. The summed E-state index contributed by atoms with van der Waals surface area (Å²) in [5.74, 6) is 0.416. The summed E-state index contributed by atoms with van der Waals surface area (Å²) >= 11 is 1.07. The number of fused-ring (bicyclic) bond motifs is 1. The second kappa shape index (κ2) is 9.13. The highest BCUT2D eigenvalue weighted by Crippen LogP contribution is 2.43. The molecule has 1 aromatic carbocycles. The highest BCUT2D eigenvalue weighted by atomic mass is 32.1. The Morgan fingerprint density at radius 1 is 1.14 bits per heavy atom. The fourth-order valence-electron chi connectivity index (χ4n) is 5.40. The summed E-state index contributed by atoms with van der Waals surface area (Å²) in [4.78, 5) is 25.2. The average Bonchev–Trinajstić information content (AvgIpc) is 3.47. The van der Waals surface area contributed by atoms with Crippen LogP contribution in [0, 0.1) is 11.2 Å². The summed E-state index contributed by atoms with van der Waals surface area (Å²) in [5.41, 5.74) is 1.36. The van der Waals surface area contributed by atoms with Crippen LogP contribution in [0.3, 0.4) is 0 Å². The minimum absolute atomic E-state index is 0.00409. The topological polar surface area (TPSA) is 49.3 Å². The number of Topliss-reactive ketones (excluding diaryl/α,β-unsaturated/α-hetero) is 1. The third-order valence-corrected chi connectivity index (χ3v) is 8.00. The molecule has 5 rings (SSSR count). The van der Waals surface area contributed by atoms with Gasteiger partial charge in [-0.3, -0.25) is 9.69 Å². The molecule has 1 spiro atoms. The Morgan fingerprint density at radius 2 is 1.94 bits per heavy atom. The third-order valence-electron chi connectivity index (χ3n) is 6.95. The molecule has 4 heterocycles. The number of nitrogens with zero attached hydrogens (tertiary/aromatic N) is 4. The van der Waals surface area contributed by atoms with Gasteiger partial charge >= 0.3 is 6.18 Å². The fourth-order valence-corrected chi connectivity index (χ4v) is 6.42. The summed E-state index contributed by atoms with van der Waals surface area (Å²) in [7, 11) is 0. The van der Waals surface area contributed by atoms with Crippen LogP contribution in [0.4, 0.5) is 23.4 Å². The van der Waals surface area contributed by atoms with Crippen molar-refractivity contribution in [1.82, 2.24) is 14.9 Å². The Morgan fingerprint density at radius 3 is 2.69 bits per heavy atom. The molecule has 1 unspecified atom stereocenters. The Kier molecular flexibility index (Phi) is 6.29. The number of hydrogen-bond donors (Lipinski definition) is 0. The lowest BCUT2D eigenvalue weighted by molar-refractivity contribution is -0.126. The molecule has 0 amide bonds. The van der Waals surface area contributed by atoms with Gasteiger partial charge in [0.15, 0.2) is 0 Å². The lowest BCUT2D eigenvalue weighted by Gasteiger charge is -2.25. The molecule has 0 saturated carbocycles. The van der Waals surface area contributed by atoms with Gasteiger partial charge in [0.05, 0.1) is 11.8 Å². The fraction of sp³-hybridized carbons (Fsp3) is 0.480. The molecule has 0 N–H and O–H groups in total. The first-order chi connectivity index (χ1) is 16.6. The summed E-state index contributed by atoms with van der Waals surface area (Å²) in [6.45, 7) is 5.23. The second-order valence-corrected chi connectivity index (χ2v) is 11.0. The first-order valence-electron chi connectivity index (χ1n) is 11.6. The third kappa shape index (κ3) is 5.33. The number of halogens is 4. The normalized spacial score (nSPS) is 21.0. The van der Waals surface area contributed by atoms with Crippen LogP contribution in [0.15, 0.2) is 30.6 Å². The predicted octanol–water partition coefficient (Wildman–Crippen LogP) is 5.17. The van der Waals surface area contributed by atoms with E-state index in [1.165, 1.54) is 19.3 Å². The van der Waals surface area contributed by atoms with Gasteiger partial charge in [-0.25, -0.2) is 14.4 Å². The SMILES string of the molecule is CC(=O)Cc1ccc(CN2CCC3(CCN(c4ncnc5sc(CC(F)(F)F)cc45)C3)C2)c(F)c1. The largest absolute Gasteiger partial charge is 0.393 e. The zero-order valence-corrected chi connectivity index (χ0v) is 20.2. The molecule has 186 valence electrons. The van der Waals surface area contributed by atoms with E-state index in [1.54, 1.807) is 12.1 Å². The molecule has 2 aliphatic rings. The lowest BCUT2D eigenvalue weighted by Crippen LogP contribution is -2.31. The van der Waals surface area contributed by atoms with E-state index in [4.69, 9.17) is 0 Å². The van der Waals surface area contributed by atoms with E-state index in [0.29, 0.717) is 33.7 Å². The number of alkyl halides is 3. The van der Waals surface area contributed by atoms with Crippen molar-refractivity contribution in [2.75, 3.05) is 31.1 Å². The molecule has 0 bridgehead atoms. The second-order valence-electron chi connectivity index (χ2n) is 9.86. The van der Waals surface area contributed by atoms with Gasteiger partial charge in [-0.05, 0) is 44.0 Å². The summed E-state index contributed by atoms with van der Waals surface area (Å²) in [6, 6.07) is 6.62. The molecule has 2 saturated heterocycles. The molecule has 0 aliphatic carbocycles. The highest BCUT2D eigenvalue weighted by molar-refractivity contribution is 7.18. The Labute approximate surface area is 204 Å². The number of anilines is 1. The van der Waals surface area contributed by atoms with Crippen LogP contribution < -0.4 is 4.90 Å². The van der Waals surface area contributed by atoms with Crippen LogP contribution in [0.5, 0.6) is 0 Å². The van der Waals surface area contributed by atoms with Crippen molar-refractivity contribution in [2.45, 2.75) is 45.3 Å². The number of aromatic nitrogens is 2. The van der Waals surface area contributed by atoms with Gasteiger partial charge in [0.25, 0.3) is 0 Å². The van der Waals surface area contributed by atoms with Gasteiger partial charge in [0.2, 0.25) is 0 Å². The molecule has 10 heteroatoms. The van der Waals surface area contributed by atoms with Crippen LogP contribution in [0.2, 0.25) is 0 Å². The van der Waals surface area contributed by atoms with E-state index in [0.717, 1.165) is 50.4 Å². The van der Waals surface area contributed by atoms with Gasteiger partial charge in [-0.1, -0.05) is 12.1 Å². The number of likely N-dealkylation sites (tertiary alicyclic amines) is 1. The maximum Gasteiger partial charge on any atom is 0.393 e. The van der Waals surface area contributed by atoms with Crippen molar-refractivity contribution in [3.63, 3.8) is 0 Å². The monoisotopic (exact) mass is 506 g/mol. The van der Waals surface area contributed by atoms with Gasteiger partial charge in [0, 0.05) is 48.5 Å². The number of benzene rings is 1. The standard InChI is InChI=1S/C25H26F4N4OS/c1-16(34)8-17-2-3-18(21(26)9-17)12-32-6-4-24(13-32)5-7-33(14-24)22-20-10-19(11-25(27,28)29)35-23(20)31-15-30-22/h2-3,9-10,15H,4-8,11-14H2,1H3. The Hall–Kier alpha value is -2.59. The maximum atomic E-state index is 14.6. The van der Waals surface area contributed by atoms with Gasteiger partial charge in [-0.15, -0.1) is 11.3 Å². The first kappa shape index (κ1) is 24.1. The van der Waals surface area contributed by atoms with E-state index in [9.17, 15) is 22.4 Å². The molecule has 35 heavy (non-hydrogen) atoms. The minimum Gasteiger partial charge on any atom is -0.355 e. The van der Waals surface area contributed by atoms with Crippen molar-refractivity contribution >= 4 is 33.2 Å². The number of ketones is 1. The van der Waals surface area contributed by atoms with E-state index in [-0.39, 0.29) is 28.3 Å². The molecule has 1 atom stereocenters. The van der Waals surface area contributed by atoms with Gasteiger partial charge in [0.1, 0.15) is 28.6 Å². The minimum atomic E-state index is -4.26. The van der Waals surface area contributed by atoms with E-state index < -0.39 is 12.6 Å². The predicted molar refractivity (Wildman–Crippen MR) is 127 cm³/mol. The van der Waals surface area contributed by atoms with Crippen LogP contribution in [-0.2, 0) is 24.2 Å². The molecular formula is C25H26F4N4OS. The molecule has 2 aromatic heterocycles. The number of thiophene rings is 1. The molecule has 5 nitrogen and oxygen atoms in total. The van der Waals surface area contributed by atoms with E-state index >= 15 is 0 Å². The van der Waals surface area contributed by atoms with Crippen molar-refractivity contribution in [2.24, 2.45) is 5.41 Å². The number of carbonyl (C=O) groups is 1. The van der Waals surface area contributed by atoms with Crippen molar-refractivity contribution in [3.05, 3.63) is 52.4 Å². The zero-order valence-electron chi connectivity index (χ0n) is 19.4. The summed E-state index contributed by atoms with van der Waals surface area (Å²) in [6.07, 6.45) is -1.63. The number of rotatable bonds is 6. The van der Waals surface area contributed by atoms with Gasteiger partial charge < -0.3 is 4.90 Å². The van der Waals surface area contributed by atoms with Gasteiger partial charge in [-0.2, -0.15) is 13.2 Å². The van der Waals surface area contributed by atoms with Crippen LogP contribution in [0.25, 0.3) is 10.2 Å². The smallest absolute Gasteiger partial charge is 0.355 e. The molecule has 0 radical (unpaired) electrons. The van der Waals surface area contributed by atoms with Crippen LogP contribution >= 0.6 is 11.3 Å². The quantitative estimate of drug-likeness (QED) is 0.432. The van der Waals surface area contributed by atoms with Crippen LogP contribution in [0.1, 0.15) is 35.8 Å². The van der Waals surface area contributed by atoms with Crippen LogP contribution in [-0.4, -0.2) is 53.0 Å². The Bertz CT molecular complexity index is 1260. The zero-order chi connectivity index (χ0) is 24.8.